The fraction of sp³-hybridized carbons (Fsp3) is 0.316. The lowest BCUT2D eigenvalue weighted by Crippen LogP contribution is -2.62. The molecule has 23 heavy (non-hydrogen) atoms. The second kappa shape index (κ2) is 4.51. The number of phenolic OH excluding ortho intramolecular Hbond substituents is 1. The number of hydrogen-bond acceptors (Lipinski definition) is 4. The van der Waals surface area contributed by atoms with Gasteiger partial charge in [-0.3, -0.25) is 4.99 Å². The zero-order chi connectivity index (χ0) is 16.2. The fourth-order valence-electron chi connectivity index (χ4n) is 3.91. The summed E-state index contributed by atoms with van der Waals surface area (Å²) in [6.45, 7) is 7.05. The number of aliphatic imine (C=N–C) groups is 1. The highest BCUT2D eigenvalue weighted by atomic mass is 16.5. The third-order valence-corrected chi connectivity index (χ3v) is 5.06. The van der Waals surface area contributed by atoms with Gasteiger partial charge in [0.15, 0.2) is 0 Å². The van der Waals surface area contributed by atoms with Crippen molar-refractivity contribution in [3.8, 4) is 11.5 Å². The number of benzene rings is 2. The highest BCUT2D eigenvalue weighted by molar-refractivity contribution is 5.89. The van der Waals surface area contributed by atoms with Gasteiger partial charge in [0.1, 0.15) is 17.2 Å². The third kappa shape index (κ3) is 1.63. The molecule has 0 saturated carbocycles. The number of fused-ring (bicyclic) bond motifs is 2. The Kier molecular flexibility index (Phi) is 2.77. The molecule has 0 aromatic heterocycles. The maximum Gasteiger partial charge on any atom is 0.229 e. The van der Waals surface area contributed by atoms with Crippen molar-refractivity contribution < 1.29 is 9.84 Å². The number of phenols is 1. The minimum atomic E-state index is -0.739. The SMILES string of the molecule is CCN1c2cccc(O)c2C(C)(C)C12C=Nc1ccccc1O2. The largest absolute Gasteiger partial charge is 0.508 e. The molecule has 1 spiro atoms. The molecule has 0 amide bonds. The lowest BCUT2D eigenvalue weighted by atomic mass is 9.77. The van der Waals surface area contributed by atoms with E-state index in [2.05, 4.69) is 30.7 Å². The maximum absolute atomic E-state index is 10.5. The van der Waals surface area contributed by atoms with Crippen LogP contribution in [0, 0.1) is 0 Å². The summed E-state index contributed by atoms with van der Waals surface area (Å²) < 4.78 is 6.50. The molecule has 2 aromatic rings. The van der Waals surface area contributed by atoms with Crippen molar-refractivity contribution in [2.75, 3.05) is 11.4 Å². The second-order valence-corrected chi connectivity index (χ2v) is 6.56. The van der Waals surface area contributed by atoms with E-state index in [4.69, 9.17) is 4.74 Å². The van der Waals surface area contributed by atoms with Crippen LogP contribution >= 0.6 is 0 Å². The van der Waals surface area contributed by atoms with E-state index in [-0.39, 0.29) is 0 Å². The monoisotopic (exact) mass is 308 g/mol. The van der Waals surface area contributed by atoms with Gasteiger partial charge < -0.3 is 14.7 Å². The summed E-state index contributed by atoms with van der Waals surface area (Å²) in [7, 11) is 0. The van der Waals surface area contributed by atoms with Gasteiger partial charge in [0.2, 0.25) is 5.72 Å². The van der Waals surface area contributed by atoms with Crippen LogP contribution in [0.15, 0.2) is 47.5 Å². The Hall–Kier alpha value is -2.49. The first-order valence-corrected chi connectivity index (χ1v) is 7.94. The Labute approximate surface area is 136 Å². The maximum atomic E-state index is 10.5. The standard InChI is InChI=1S/C19H20N2O2/c1-4-21-14-9-7-10-15(22)17(14)18(2,3)19(21)12-20-13-8-5-6-11-16(13)23-19/h5-12,22H,4H2,1-3H3. The molecule has 4 nitrogen and oxygen atoms in total. The van der Waals surface area contributed by atoms with Gasteiger partial charge in [0.05, 0.1) is 11.6 Å². The van der Waals surface area contributed by atoms with Gasteiger partial charge in [-0.1, -0.05) is 18.2 Å². The molecule has 2 aliphatic rings. The number of nitrogens with zero attached hydrogens (tertiary/aromatic N) is 2. The molecule has 0 aliphatic carbocycles. The Morgan fingerprint density at radius 3 is 2.70 bits per heavy atom. The molecule has 1 unspecified atom stereocenters. The van der Waals surface area contributed by atoms with Gasteiger partial charge in [-0.05, 0) is 45.0 Å². The van der Waals surface area contributed by atoms with Gasteiger partial charge in [0, 0.05) is 17.8 Å². The average molecular weight is 308 g/mol. The molecule has 1 atom stereocenters. The number of anilines is 1. The second-order valence-electron chi connectivity index (χ2n) is 6.56. The first kappa shape index (κ1) is 14.1. The third-order valence-electron chi connectivity index (χ3n) is 5.06. The lowest BCUT2D eigenvalue weighted by Gasteiger charge is -2.45. The topological polar surface area (TPSA) is 45.1 Å². The Bertz CT molecular complexity index is 813. The van der Waals surface area contributed by atoms with Crippen molar-refractivity contribution in [3.63, 3.8) is 0 Å². The van der Waals surface area contributed by atoms with Gasteiger partial charge in [-0.2, -0.15) is 0 Å². The number of ether oxygens (including phenoxy) is 1. The van der Waals surface area contributed by atoms with Crippen LogP contribution in [0.5, 0.6) is 11.5 Å². The molecule has 0 bridgehead atoms. The van der Waals surface area contributed by atoms with Crippen molar-refractivity contribution in [1.82, 2.24) is 0 Å². The minimum absolute atomic E-state index is 0.304. The summed E-state index contributed by atoms with van der Waals surface area (Å²) in [5.74, 6) is 1.08. The van der Waals surface area contributed by atoms with E-state index in [1.54, 1.807) is 6.07 Å². The minimum Gasteiger partial charge on any atom is -0.508 e. The van der Waals surface area contributed by atoms with Gasteiger partial charge in [-0.15, -0.1) is 0 Å². The molecular formula is C19H20N2O2. The summed E-state index contributed by atoms with van der Waals surface area (Å²) in [5.41, 5.74) is 1.57. The van der Waals surface area contributed by atoms with Crippen LogP contribution in [0.4, 0.5) is 11.4 Å². The van der Waals surface area contributed by atoms with E-state index in [0.717, 1.165) is 29.2 Å². The predicted molar refractivity (Wildman–Crippen MR) is 92.1 cm³/mol. The molecule has 0 radical (unpaired) electrons. The van der Waals surface area contributed by atoms with Gasteiger partial charge >= 0.3 is 0 Å². The molecule has 4 heteroatoms. The normalized spacial score (nSPS) is 23.5. The Morgan fingerprint density at radius 1 is 1.13 bits per heavy atom. The first-order valence-electron chi connectivity index (χ1n) is 7.94. The van der Waals surface area contributed by atoms with E-state index in [1.807, 2.05) is 42.6 Å². The van der Waals surface area contributed by atoms with Crippen molar-refractivity contribution in [2.24, 2.45) is 4.99 Å². The van der Waals surface area contributed by atoms with E-state index < -0.39 is 11.1 Å². The zero-order valence-electron chi connectivity index (χ0n) is 13.6. The van der Waals surface area contributed by atoms with Crippen LogP contribution < -0.4 is 9.64 Å². The van der Waals surface area contributed by atoms with Crippen LogP contribution in [0.1, 0.15) is 26.3 Å². The van der Waals surface area contributed by atoms with Gasteiger partial charge in [-0.25, -0.2) is 0 Å². The van der Waals surface area contributed by atoms with Gasteiger partial charge in [0.25, 0.3) is 0 Å². The molecule has 2 aromatic carbocycles. The van der Waals surface area contributed by atoms with Crippen molar-refractivity contribution >= 4 is 17.6 Å². The highest BCUT2D eigenvalue weighted by Gasteiger charge is 2.60. The molecule has 2 heterocycles. The predicted octanol–water partition coefficient (Wildman–Crippen LogP) is 4.00. The smallest absolute Gasteiger partial charge is 0.229 e. The number of para-hydroxylation sites is 2. The molecule has 2 aliphatic heterocycles. The Balaban J connectivity index is 1.95. The first-order chi connectivity index (χ1) is 11.0. The fourth-order valence-corrected chi connectivity index (χ4v) is 3.91. The van der Waals surface area contributed by atoms with Crippen LogP contribution in [-0.4, -0.2) is 23.6 Å². The van der Waals surface area contributed by atoms with Crippen molar-refractivity contribution in [1.29, 1.82) is 0 Å². The van der Waals surface area contributed by atoms with E-state index in [9.17, 15) is 5.11 Å². The number of aromatic hydroxyl groups is 1. The number of hydrogen-bond donors (Lipinski definition) is 1. The molecule has 4 rings (SSSR count). The average Bonchev–Trinajstić information content (AvgIpc) is 2.72. The highest BCUT2D eigenvalue weighted by Crippen LogP contribution is 2.56. The summed E-state index contributed by atoms with van der Waals surface area (Å²) in [5, 5.41) is 10.5. The molecule has 0 saturated heterocycles. The van der Waals surface area contributed by atoms with E-state index >= 15 is 0 Å². The molecule has 118 valence electrons. The molecular weight excluding hydrogens is 288 g/mol. The quantitative estimate of drug-likeness (QED) is 0.866. The van der Waals surface area contributed by atoms with Crippen molar-refractivity contribution in [3.05, 3.63) is 48.0 Å². The van der Waals surface area contributed by atoms with Crippen LogP contribution in [0.2, 0.25) is 0 Å². The van der Waals surface area contributed by atoms with Crippen LogP contribution in [0.3, 0.4) is 0 Å². The summed E-state index contributed by atoms with van der Waals surface area (Å²) in [6.07, 6.45) is 1.89. The van der Waals surface area contributed by atoms with Crippen LogP contribution in [-0.2, 0) is 5.41 Å². The number of rotatable bonds is 1. The molecule has 0 fully saturated rings. The summed E-state index contributed by atoms with van der Waals surface area (Å²) in [6, 6.07) is 13.4. The lowest BCUT2D eigenvalue weighted by molar-refractivity contribution is 0.0777. The summed E-state index contributed by atoms with van der Waals surface area (Å²) in [4.78, 5) is 6.84. The van der Waals surface area contributed by atoms with Crippen LogP contribution in [0.25, 0.3) is 0 Å². The number of likely N-dealkylation sites (N-methyl/N-ethyl adjacent to an activating group) is 1. The molecule has 1 N–H and O–H groups in total. The van der Waals surface area contributed by atoms with E-state index in [0.29, 0.717) is 5.75 Å². The van der Waals surface area contributed by atoms with E-state index in [1.165, 1.54) is 0 Å². The van der Waals surface area contributed by atoms with Crippen molar-refractivity contribution in [2.45, 2.75) is 31.9 Å². The summed E-state index contributed by atoms with van der Waals surface area (Å²) >= 11 is 0. The Morgan fingerprint density at radius 2 is 1.91 bits per heavy atom. The zero-order valence-corrected chi connectivity index (χ0v) is 13.6.